The Morgan fingerprint density at radius 2 is 1.74 bits per heavy atom. The number of rotatable bonds is 7. The summed E-state index contributed by atoms with van der Waals surface area (Å²) < 4.78 is 0. The monoisotopic (exact) mass is 312 g/mol. The van der Waals surface area contributed by atoms with Crippen molar-refractivity contribution in [1.82, 2.24) is 9.97 Å². The molecule has 0 aliphatic rings. The van der Waals surface area contributed by atoms with Crippen molar-refractivity contribution in [2.75, 3.05) is 17.2 Å². The molecule has 2 N–H and O–H groups in total. The fourth-order valence-electron chi connectivity index (χ4n) is 2.29. The van der Waals surface area contributed by atoms with E-state index in [1.165, 1.54) is 18.4 Å². The van der Waals surface area contributed by atoms with E-state index in [2.05, 4.69) is 72.6 Å². The lowest BCUT2D eigenvalue weighted by Crippen LogP contribution is -2.10. The van der Waals surface area contributed by atoms with Gasteiger partial charge in [0.1, 0.15) is 5.82 Å². The number of aromatic nitrogens is 2. The maximum atomic E-state index is 4.50. The summed E-state index contributed by atoms with van der Waals surface area (Å²) in [5.74, 6) is 1.49. The van der Waals surface area contributed by atoms with E-state index in [9.17, 15) is 0 Å². The van der Waals surface area contributed by atoms with Gasteiger partial charge in [-0.3, -0.25) is 0 Å². The third-order valence-corrected chi connectivity index (χ3v) is 3.75. The number of hydrogen-bond acceptors (Lipinski definition) is 4. The quantitative estimate of drug-likeness (QED) is 0.697. The maximum Gasteiger partial charge on any atom is 0.229 e. The Bertz CT molecular complexity index is 600. The first-order valence-electron chi connectivity index (χ1n) is 8.43. The van der Waals surface area contributed by atoms with Crippen LogP contribution in [0, 0.1) is 0 Å². The topological polar surface area (TPSA) is 49.8 Å². The summed E-state index contributed by atoms with van der Waals surface area (Å²) in [4.78, 5) is 8.79. The van der Waals surface area contributed by atoms with E-state index >= 15 is 0 Å². The molecule has 0 fully saturated rings. The highest BCUT2D eigenvalue weighted by Gasteiger charge is 2.12. The average molecular weight is 312 g/mol. The molecule has 0 amide bonds. The van der Waals surface area contributed by atoms with Gasteiger partial charge in [0.25, 0.3) is 0 Å². The van der Waals surface area contributed by atoms with Crippen LogP contribution in [0.25, 0.3) is 0 Å². The van der Waals surface area contributed by atoms with Crippen molar-refractivity contribution in [2.45, 2.75) is 52.4 Å². The summed E-state index contributed by atoms with van der Waals surface area (Å²) >= 11 is 0. The molecule has 2 aromatic rings. The number of nitrogens with zero attached hydrogens (tertiary/aromatic N) is 2. The van der Waals surface area contributed by atoms with E-state index in [1.807, 2.05) is 6.07 Å². The summed E-state index contributed by atoms with van der Waals surface area (Å²) in [6, 6.07) is 10.3. The molecule has 0 saturated heterocycles. The van der Waals surface area contributed by atoms with Crippen molar-refractivity contribution in [3.8, 4) is 0 Å². The summed E-state index contributed by atoms with van der Waals surface area (Å²) in [7, 11) is 0. The van der Waals surface area contributed by atoms with Gasteiger partial charge in [-0.2, -0.15) is 4.98 Å². The Morgan fingerprint density at radius 3 is 2.39 bits per heavy atom. The second kappa shape index (κ2) is 7.95. The van der Waals surface area contributed by atoms with Crippen LogP contribution >= 0.6 is 0 Å². The molecule has 0 saturated carbocycles. The van der Waals surface area contributed by atoms with Gasteiger partial charge < -0.3 is 10.6 Å². The highest BCUT2D eigenvalue weighted by molar-refractivity contribution is 5.55. The summed E-state index contributed by atoms with van der Waals surface area (Å²) in [5, 5.41) is 6.61. The van der Waals surface area contributed by atoms with Gasteiger partial charge in [0.15, 0.2) is 0 Å². The van der Waals surface area contributed by atoms with Crippen molar-refractivity contribution in [1.29, 1.82) is 0 Å². The third-order valence-electron chi connectivity index (χ3n) is 3.75. The first kappa shape index (κ1) is 17.3. The third kappa shape index (κ3) is 5.55. The van der Waals surface area contributed by atoms with Crippen LogP contribution in [-0.2, 0) is 5.41 Å². The standard InChI is InChI=1S/C19H28N4/c1-5-6-7-13-20-17-12-14-21-18(23-17)22-16-10-8-15(9-11-16)19(2,3)4/h8-12,14H,5-7,13H2,1-4H3,(H2,20,21,22,23). The Labute approximate surface area is 139 Å². The molecule has 124 valence electrons. The molecule has 0 aliphatic heterocycles. The minimum Gasteiger partial charge on any atom is -0.370 e. The number of anilines is 3. The molecule has 1 aromatic carbocycles. The Morgan fingerprint density at radius 1 is 1.00 bits per heavy atom. The summed E-state index contributed by atoms with van der Waals surface area (Å²) in [5.41, 5.74) is 2.48. The first-order chi connectivity index (χ1) is 11.0. The summed E-state index contributed by atoms with van der Waals surface area (Å²) in [6.07, 6.45) is 5.41. The van der Waals surface area contributed by atoms with Crippen molar-refractivity contribution >= 4 is 17.5 Å². The van der Waals surface area contributed by atoms with Crippen LogP contribution in [0.1, 0.15) is 52.5 Å². The Kier molecular flexibility index (Phi) is 5.97. The van der Waals surface area contributed by atoms with E-state index in [4.69, 9.17) is 0 Å². The fourth-order valence-corrected chi connectivity index (χ4v) is 2.29. The van der Waals surface area contributed by atoms with Crippen molar-refractivity contribution < 1.29 is 0 Å². The molecule has 0 radical (unpaired) electrons. The number of benzene rings is 1. The lowest BCUT2D eigenvalue weighted by Gasteiger charge is -2.19. The molecule has 0 unspecified atom stereocenters. The van der Waals surface area contributed by atoms with Gasteiger partial charge in [0.05, 0.1) is 0 Å². The van der Waals surface area contributed by atoms with Crippen LogP contribution in [0.15, 0.2) is 36.5 Å². The molecule has 0 atom stereocenters. The molecular formula is C19H28N4. The molecule has 23 heavy (non-hydrogen) atoms. The van der Waals surface area contributed by atoms with Crippen molar-refractivity contribution in [3.05, 3.63) is 42.1 Å². The molecule has 1 heterocycles. The highest BCUT2D eigenvalue weighted by Crippen LogP contribution is 2.24. The van der Waals surface area contributed by atoms with Gasteiger partial charge in [-0.25, -0.2) is 4.98 Å². The van der Waals surface area contributed by atoms with E-state index in [1.54, 1.807) is 6.20 Å². The number of unbranched alkanes of at least 4 members (excludes halogenated alkanes) is 2. The second-order valence-electron chi connectivity index (χ2n) is 6.85. The molecular weight excluding hydrogens is 284 g/mol. The number of nitrogens with one attached hydrogen (secondary N) is 2. The minimum absolute atomic E-state index is 0.164. The predicted molar refractivity (Wildman–Crippen MR) is 98.5 cm³/mol. The zero-order chi connectivity index (χ0) is 16.7. The van der Waals surface area contributed by atoms with Crippen LogP contribution in [0.5, 0.6) is 0 Å². The van der Waals surface area contributed by atoms with Crippen molar-refractivity contribution in [2.24, 2.45) is 0 Å². The van der Waals surface area contributed by atoms with Gasteiger partial charge in [-0.15, -0.1) is 0 Å². The van der Waals surface area contributed by atoms with Crippen LogP contribution in [0.2, 0.25) is 0 Å². The summed E-state index contributed by atoms with van der Waals surface area (Å²) in [6.45, 7) is 9.80. The molecule has 4 nitrogen and oxygen atoms in total. The van der Waals surface area contributed by atoms with Crippen molar-refractivity contribution in [3.63, 3.8) is 0 Å². The van der Waals surface area contributed by atoms with Gasteiger partial charge >= 0.3 is 0 Å². The SMILES string of the molecule is CCCCCNc1ccnc(Nc2ccc(C(C)(C)C)cc2)n1. The molecule has 4 heteroatoms. The van der Waals surface area contributed by atoms with E-state index in [0.29, 0.717) is 5.95 Å². The maximum absolute atomic E-state index is 4.50. The van der Waals surface area contributed by atoms with E-state index < -0.39 is 0 Å². The lowest BCUT2D eigenvalue weighted by atomic mass is 9.87. The van der Waals surface area contributed by atoms with Crippen LogP contribution in [0.4, 0.5) is 17.5 Å². The number of hydrogen-bond donors (Lipinski definition) is 2. The van der Waals surface area contributed by atoms with Gasteiger partial charge in [-0.05, 0) is 35.6 Å². The lowest BCUT2D eigenvalue weighted by molar-refractivity contribution is 0.590. The van der Waals surface area contributed by atoms with Gasteiger partial charge in [0.2, 0.25) is 5.95 Å². The fraction of sp³-hybridized carbons (Fsp3) is 0.474. The van der Waals surface area contributed by atoms with Crippen LogP contribution in [0.3, 0.4) is 0 Å². The van der Waals surface area contributed by atoms with Crippen LogP contribution in [-0.4, -0.2) is 16.5 Å². The zero-order valence-corrected chi connectivity index (χ0v) is 14.7. The smallest absolute Gasteiger partial charge is 0.229 e. The first-order valence-corrected chi connectivity index (χ1v) is 8.43. The van der Waals surface area contributed by atoms with Gasteiger partial charge in [0, 0.05) is 18.4 Å². The normalized spacial score (nSPS) is 11.3. The molecule has 2 rings (SSSR count). The van der Waals surface area contributed by atoms with E-state index in [0.717, 1.165) is 24.5 Å². The zero-order valence-electron chi connectivity index (χ0n) is 14.7. The molecule has 1 aromatic heterocycles. The van der Waals surface area contributed by atoms with Gasteiger partial charge in [-0.1, -0.05) is 52.7 Å². The highest BCUT2D eigenvalue weighted by atomic mass is 15.1. The molecule has 0 spiro atoms. The molecule has 0 bridgehead atoms. The predicted octanol–water partition coefficient (Wildman–Crippen LogP) is 5.12. The Balaban J connectivity index is 1.97. The van der Waals surface area contributed by atoms with E-state index in [-0.39, 0.29) is 5.41 Å². The average Bonchev–Trinajstić information content (AvgIpc) is 2.52. The van der Waals surface area contributed by atoms with Crippen LogP contribution < -0.4 is 10.6 Å². The second-order valence-corrected chi connectivity index (χ2v) is 6.85. The molecule has 0 aliphatic carbocycles. The largest absolute Gasteiger partial charge is 0.370 e. The minimum atomic E-state index is 0.164. The Hall–Kier alpha value is -2.10.